The van der Waals surface area contributed by atoms with E-state index in [9.17, 15) is 9.59 Å². The van der Waals surface area contributed by atoms with Gasteiger partial charge in [0.25, 0.3) is 11.5 Å². The van der Waals surface area contributed by atoms with Gasteiger partial charge in [0, 0.05) is 34.4 Å². The normalized spacial score (nSPS) is 15.1. The number of fused-ring (bicyclic) bond motifs is 2. The quantitative estimate of drug-likeness (QED) is 0.276. The van der Waals surface area contributed by atoms with E-state index in [1.807, 2.05) is 69.6 Å². The molecule has 1 aliphatic heterocycles. The van der Waals surface area contributed by atoms with Gasteiger partial charge in [0.2, 0.25) is 5.95 Å². The Morgan fingerprint density at radius 1 is 1.12 bits per heavy atom. The molecule has 0 saturated carbocycles. The molecule has 1 unspecified atom stereocenters. The van der Waals surface area contributed by atoms with Gasteiger partial charge in [-0.2, -0.15) is 5.10 Å². The maximum atomic E-state index is 14.3. The molecule has 11 heteroatoms. The van der Waals surface area contributed by atoms with Crippen LogP contribution in [0, 0.1) is 20.8 Å². The number of carbonyl (C=O) groups excluding carboxylic acids is 1. The lowest BCUT2D eigenvalue weighted by Gasteiger charge is -2.34. The number of benzene rings is 2. The minimum atomic E-state index is -0.211. The largest absolute Gasteiger partial charge is 0.333 e. The van der Waals surface area contributed by atoms with Crippen LogP contribution in [-0.4, -0.2) is 45.7 Å². The molecule has 0 aliphatic carbocycles. The van der Waals surface area contributed by atoms with Gasteiger partial charge in [-0.3, -0.25) is 9.59 Å². The number of imidazole rings is 1. The molecule has 0 saturated heterocycles. The first kappa shape index (κ1) is 26.5. The number of halogens is 2. The summed E-state index contributed by atoms with van der Waals surface area (Å²) in [6.07, 6.45) is 2.07. The van der Waals surface area contributed by atoms with Crippen molar-refractivity contribution in [3.05, 3.63) is 96.3 Å². The zero-order valence-corrected chi connectivity index (χ0v) is 25.1. The summed E-state index contributed by atoms with van der Waals surface area (Å²) in [6.45, 7) is 7.94. The van der Waals surface area contributed by atoms with Crippen molar-refractivity contribution in [3.63, 3.8) is 0 Å². The highest BCUT2D eigenvalue weighted by Gasteiger charge is 2.32. The molecule has 0 fully saturated rings. The van der Waals surface area contributed by atoms with Gasteiger partial charge in [-0.1, -0.05) is 27.5 Å². The summed E-state index contributed by atoms with van der Waals surface area (Å²) < 4.78 is 6.01. The molecule has 0 N–H and O–H groups in total. The van der Waals surface area contributed by atoms with Crippen LogP contribution in [0.3, 0.4) is 0 Å². The molecule has 0 spiro atoms. The molecule has 4 heterocycles. The highest BCUT2D eigenvalue weighted by molar-refractivity contribution is 9.10. The van der Waals surface area contributed by atoms with E-state index in [4.69, 9.17) is 16.6 Å². The molecule has 5 aromatic rings. The fraction of sp³-hybridized carbons (Fsp3) is 0.276. The first-order valence-electron chi connectivity index (χ1n) is 12.9. The first-order chi connectivity index (χ1) is 19.0. The molecule has 1 atom stereocenters. The Kier molecular flexibility index (Phi) is 6.42. The Morgan fingerprint density at radius 3 is 2.60 bits per heavy atom. The van der Waals surface area contributed by atoms with Gasteiger partial charge in [-0.05, 0) is 76.1 Å². The number of rotatable bonds is 3. The number of aromatic nitrogens is 6. The van der Waals surface area contributed by atoms with Gasteiger partial charge in [0.15, 0.2) is 0 Å². The smallest absolute Gasteiger partial charge is 0.263 e. The van der Waals surface area contributed by atoms with Crippen molar-refractivity contribution in [2.45, 2.75) is 46.7 Å². The molecule has 1 aliphatic rings. The van der Waals surface area contributed by atoms with E-state index in [0.29, 0.717) is 45.4 Å². The summed E-state index contributed by atoms with van der Waals surface area (Å²) in [5.74, 6) is 0.238. The highest BCUT2D eigenvalue weighted by atomic mass is 79.9. The number of carbonyl (C=O) groups is 1. The minimum absolute atomic E-state index is 0.0974. The van der Waals surface area contributed by atoms with Gasteiger partial charge in [-0.15, -0.1) is 0 Å². The zero-order chi connectivity index (χ0) is 28.5. The maximum Gasteiger partial charge on any atom is 0.263 e. The monoisotopic (exact) mass is 619 g/mol. The SMILES string of the molecule is Cc1cc(C)n(-c2nc3c(c(=O)n2-c2cc(Cl)c4c(c2)ncn4C)CC(C)N(C(=O)c2ccc(Br)c(C)c2)C3)n1. The second-order valence-corrected chi connectivity index (χ2v) is 11.7. The average molecular weight is 621 g/mol. The van der Waals surface area contributed by atoms with E-state index in [-0.39, 0.29) is 24.1 Å². The molecule has 1 amide bonds. The lowest BCUT2D eigenvalue weighted by Crippen LogP contribution is -2.46. The molecule has 0 radical (unpaired) electrons. The Balaban J connectivity index is 1.53. The van der Waals surface area contributed by atoms with Crippen molar-refractivity contribution in [2.75, 3.05) is 0 Å². The Hall–Kier alpha value is -3.76. The number of nitrogens with zero attached hydrogens (tertiary/aromatic N) is 7. The summed E-state index contributed by atoms with van der Waals surface area (Å²) in [6, 6.07) is 10.9. The summed E-state index contributed by atoms with van der Waals surface area (Å²) in [5.41, 5.74) is 6.13. The number of hydrogen-bond acceptors (Lipinski definition) is 5. The van der Waals surface area contributed by atoms with Gasteiger partial charge in [0.05, 0.1) is 46.0 Å². The fourth-order valence-electron chi connectivity index (χ4n) is 5.42. The first-order valence-corrected chi connectivity index (χ1v) is 14.1. The Labute approximate surface area is 244 Å². The van der Waals surface area contributed by atoms with Crippen LogP contribution in [0.1, 0.15) is 45.5 Å². The van der Waals surface area contributed by atoms with Crippen LogP contribution in [0.2, 0.25) is 5.02 Å². The summed E-state index contributed by atoms with van der Waals surface area (Å²) in [5, 5.41) is 5.11. The molecule has 2 aromatic carbocycles. The van der Waals surface area contributed by atoms with E-state index in [1.54, 1.807) is 26.5 Å². The lowest BCUT2D eigenvalue weighted by molar-refractivity contribution is 0.0652. The van der Waals surface area contributed by atoms with E-state index in [1.165, 1.54) is 0 Å². The van der Waals surface area contributed by atoms with Gasteiger partial charge in [0.1, 0.15) is 0 Å². The molecule has 6 rings (SSSR count). The van der Waals surface area contributed by atoms with E-state index in [0.717, 1.165) is 26.9 Å². The van der Waals surface area contributed by atoms with E-state index >= 15 is 0 Å². The molecular weight excluding hydrogens is 594 g/mol. The van der Waals surface area contributed by atoms with Crippen molar-refractivity contribution in [1.29, 1.82) is 0 Å². The van der Waals surface area contributed by atoms with Crippen LogP contribution in [0.25, 0.3) is 22.7 Å². The third-order valence-corrected chi connectivity index (χ3v) is 8.65. The van der Waals surface area contributed by atoms with Crippen LogP contribution >= 0.6 is 27.5 Å². The molecule has 204 valence electrons. The number of hydrogen-bond donors (Lipinski definition) is 0. The average Bonchev–Trinajstić information content (AvgIpc) is 3.45. The van der Waals surface area contributed by atoms with Crippen molar-refractivity contribution >= 4 is 44.5 Å². The Morgan fingerprint density at radius 2 is 1.90 bits per heavy atom. The second kappa shape index (κ2) is 9.71. The predicted molar refractivity (Wildman–Crippen MR) is 158 cm³/mol. The summed E-state index contributed by atoms with van der Waals surface area (Å²) in [4.78, 5) is 39.1. The third kappa shape index (κ3) is 4.26. The molecular formula is C29H27BrClN7O2. The molecule has 3 aromatic heterocycles. The lowest BCUT2D eigenvalue weighted by atomic mass is 9.98. The van der Waals surface area contributed by atoms with Crippen LogP contribution in [-0.2, 0) is 20.0 Å². The summed E-state index contributed by atoms with van der Waals surface area (Å²) in [7, 11) is 1.87. The van der Waals surface area contributed by atoms with Crippen LogP contribution in [0.5, 0.6) is 0 Å². The molecule has 9 nitrogen and oxygen atoms in total. The van der Waals surface area contributed by atoms with Gasteiger partial charge < -0.3 is 9.47 Å². The van der Waals surface area contributed by atoms with Crippen molar-refractivity contribution in [2.24, 2.45) is 7.05 Å². The Bertz CT molecular complexity index is 1900. The van der Waals surface area contributed by atoms with Gasteiger partial charge in [-0.25, -0.2) is 19.2 Å². The highest BCUT2D eigenvalue weighted by Crippen LogP contribution is 2.29. The standard InChI is InChI=1S/C29H27BrClN7O2/c1-15-8-19(6-7-22(15)30)27(39)36-13-25-21(10-17(36)3)28(40)37(29(33-25)38-18(4)9-16(2)34-38)20-11-23(31)26-24(12-20)32-14-35(26)5/h6-9,11-12,14,17H,10,13H2,1-5H3. The van der Waals surface area contributed by atoms with Crippen LogP contribution < -0.4 is 5.56 Å². The van der Waals surface area contributed by atoms with Crippen molar-refractivity contribution in [3.8, 4) is 11.6 Å². The van der Waals surface area contributed by atoms with Crippen molar-refractivity contribution in [1.82, 2.24) is 33.8 Å². The second-order valence-electron chi connectivity index (χ2n) is 10.4. The van der Waals surface area contributed by atoms with Crippen LogP contribution in [0.15, 0.2) is 52.0 Å². The fourth-order valence-corrected chi connectivity index (χ4v) is 6.01. The summed E-state index contributed by atoms with van der Waals surface area (Å²) >= 11 is 10.2. The van der Waals surface area contributed by atoms with E-state index in [2.05, 4.69) is 26.0 Å². The maximum absolute atomic E-state index is 14.3. The predicted octanol–water partition coefficient (Wildman–Crippen LogP) is 5.23. The molecule has 0 bridgehead atoms. The molecule has 40 heavy (non-hydrogen) atoms. The van der Waals surface area contributed by atoms with E-state index < -0.39 is 0 Å². The topological polar surface area (TPSA) is 90.8 Å². The third-order valence-electron chi connectivity index (χ3n) is 7.47. The minimum Gasteiger partial charge on any atom is -0.333 e. The van der Waals surface area contributed by atoms with Gasteiger partial charge >= 0.3 is 0 Å². The number of amides is 1. The number of aryl methyl sites for hydroxylation is 4. The van der Waals surface area contributed by atoms with Crippen molar-refractivity contribution < 1.29 is 4.79 Å². The zero-order valence-electron chi connectivity index (χ0n) is 22.7. The van der Waals surface area contributed by atoms with Crippen LogP contribution in [0.4, 0.5) is 0 Å².